The summed E-state index contributed by atoms with van der Waals surface area (Å²) in [6.45, 7) is 8.31. The van der Waals surface area contributed by atoms with Crippen LogP contribution in [0.25, 0.3) is 0 Å². The number of furan rings is 1. The zero-order chi connectivity index (χ0) is 20.2. The van der Waals surface area contributed by atoms with Gasteiger partial charge in [0.2, 0.25) is 5.91 Å². The predicted molar refractivity (Wildman–Crippen MR) is 90.9 cm³/mol. The molecule has 9 heteroatoms. The van der Waals surface area contributed by atoms with Crippen molar-refractivity contribution in [1.29, 1.82) is 0 Å². The number of carboxylic acids is 1. The summed E-state index contributed by atoms with van der Waals surface area (Å²) in [6, 6.07) is 4.89. The van der Waals surface area contributed by atoms with Gasteiger partial charge in [-0.15, -0.1) is 6.58 Å². The molecule has 0 aliphatic carbocycles. The average Bonchev–Trinajstić information content (AvgIpc) is 3.17. The van der Waals surface area contributed by atoms with Crippen molar-refractivity contribution in [3.8, 4) is 0 Å². The smallest absolute Gasteiger partial charge is 0.475 e. The van der Waals surface area contributed by atoms with Crippen LogP contribution in [0.2, 0.25) is 0 Å². The molecule has 3 rings (SSSR count). The first-order chi connectivity index (χ1) is 12.6. The molecule has 0 bridgehead atoms. The summed E-state index contributed by atoms with van der Waals surface area (Å²) in [5, 5.41) is 7.12. The molecule has 1 aromatic rings. The molecule has 1 aromatic heterocycles. The van der Waals surface area contributed by atoms with Gasteiger partial charge in [-0.3, -0.25) is 9.69 Å². The molecule has 27 heavy (non-hydrogen) atoms. The van der Waals surface area contributed by atoms with Crippen molar-refractivity contribution in [3.05, 3.63) is 36.3 Å². The second-order valence-electron chi connectivity index (χ2n) is 6.58. The van der Waals surface area contributed by atoms with Gasteiger partial charge in [-0.1, -0.05) is 6.08 Å². The molecule has 0 unspecified atom stereocenters. The molecule has 2 aliphatic heterocycles. The minimum Gasteiger partial charge on any atom is -0.475 e. The molecule has 1 N–H and O–H groups in total. The molecule has 0 spiro atoms. The van der Waals surface area contributed by atoms with Crippen molar-refractivity contribution in [1.82, 2.24) is 9.80 Å². The van der Waals surface area contributed by atoms with Gasteiger partial charge in [0.25, 0.3) is 0 Å². The Morgan fingerprint density at radius 1 is 1.37 bits per heavy atom. The highest BCUT2D eigenvalue weighted by Gasteiger charge is 2.42. The van der Waals surface area contributed by atoms with E-state index in [4.69, 9.17) is 14.3 Å². The molecular weight excluding hydrogens is 365 g/mol. The molecular formula is C18H23F3N2O4. The van der Waals surface area contributed by atoms with Gasteiger partial charge in [0.15, 0.2) is 0 Å². The van der Waals surface area contributed by atoms with Gasteiger partial charge >= 0.3 is 12.1 Å². The van der Waals surface area contributed by atoms with Crippen molar-refractivity contribution in [2.45, 2.75) is 51.0 Å². The number of rotatable bonds is 4. The highest BCUT2D eigenvalue weighted by molar-refractivity contribution is 5.78. The summed E-state index contributed by atoms with van der Waals surface area (Å²) < 4.78 is 37.4. The maximum absolute atomic E-state index is 12.0. The zero-order valence-electron chi connectivity index (χ0n) is 15.0. The molecule has 150 valence electrons. The predicted octanol–water partition coefficient (Wildman–Crippen LogP) is 2.97. The lowest BCUT2D eigenvalue weighted by molar-refractivity contribution is -0.192. The largest absolute Gasteiger partial charge is 0.490 e. The average molecular weight is 388 g/mol. The number of piperidine rings is 1. The van der Waals surface area contributed by atoms with Crippen molar-refractivity contribution in [3.63, 3.8) is 0 Å². The minimum atomic E-state index is -5.08. The summed E-state index contributed by atoms with van der Waals surface area (Å²) >= 11 is 0. The normalized spacial score (nSPS) is 22.8. The standard InChI is InChI=1S/C16H22N2O2.C2HF3O2/c1-3-9-18-15-8-10-17(14(15)6-7-16(18)19)11-13-5-4-12(2)20-13;3-2(4,5)1(6)7/h3-5,14-15H,1,6-11H2,2H3;(H,6,7)/t14-,15-;/m1./s1. The third-order valence-corrected chi connectivity index (χ3v) is 4.72. The number of carbonyl (C=O) groups excluding carboxylic acids is 1. The van der Waals surface area contributed by atoms with E-state index >= 15 is 0 Å². The summed E-state index contributed by atoms with van der Waals surface area (Å²) in [5.74, 6) is -0.493. The Morgan fingerprint density at radius 3 is 2.56 bits per heavy atom. The number of nitrogens with zero attached hydrogens (tertiary/aromatic N) is 2. The van der Waals surface area contributed by atoms with Gasteiger partial charge in [0, 0.05) is 31.6 Å². The molecule has 0 saturated carbocycles. The number of carbonyl (C=O) groups is 2. The van der Waals surface area contributed by atoms with Gasteiger partial charge in [-0.05, 0) is 31.9 Å². The number of likely N-dealkylation sites (tertiary alicyclic amines) is 2. The number of aliphatic carboxylic acids is 1. The van der Waals surface area contributed by atoms with Crippen molar-refractivity contribution < 1.29 is 32.3 Å². The monoisotopic (exact) mass is 388 g/mol. The number of alkyl halides is 3. The summed E-state index contributed by atoms with van der Waals surface area (Å²) in [7, 11) is 0. The first-order valence-electron chi connectivity index (χ1n) is 8.63. The Labute approximate surface area is 155 Å². The first kappa shape index (κ1) is 21.0. The Bertz CT molecular complexity index is 686. The topological polar surface area (TPSA) is 74.0 Å². The number of carboxylic acid groups (broad SMARTS) is 1. The lowest BCUT2D eigenvalue weighted by atomic mass is 9.96. The van der Waals surface area contributed by atoms with E-state index in [0.717, 1.165) is 37.5 Å². The molecule has 0 radical (unpaired) electrons. The van der Waals surface area contributed by atoms with E-state index in [0.29, 0.717) is 25.0 Å². The Balaban J connectivity index is 0.000000321. The lowest BCUT2D eigenvalue weighted by Gasteiger charge is -2.39. The van der Waals surface area contributed by atoms with Gasteiger partial charge in [-0.2, -0.15) is 13.2 Å². The van der Waals surface area contributed by atoms with E-state index in [1.807, 2.05) is 24.0 Å². The highest BCUT2D eigenvalue weighted by Crippen LogP contribution is 2.32. The fourth-order valence-corrected chi connectivity index (χ4v) is 3.58. The second-order valence-corrected chi connectivity index (χ2v) is 6.58. The molecule has 2 fully saturated rings. The van der Waals surface area contributed by atoms with Crippen molar-refractivity contribution >= 4 is 11.9 Å². The minimum absolute atomic E-state index is 0.279. The van der Waals surface area contributed by atoms with Crippen molar-refractivity contribution in [2.24, 2.45) is 0 Å². The van der Waals surface area contributed by atoms with Gasteiger partial charge in [0.1, 0.15) is 11.5 Å². The van der Waals surface area contributed by atoms with Crippen molar-refractivity contribution in [2.75, 3.05) is 13.1 Å². The fraction of sp³-hybridized carbons (Fsp3) is 0.556. The van der Waals surface area contributed by atoms with E-state index in [1.54, 1.807) is 0 Å². The summed E-state index contributed by atoms with van der Waals surface area (Å²) in [6.07, 6.45) is -0.567. The number of aryl methyl sites for hydroxylation is 1. The SMILES string of the molecule is C=CCN1C(=O)CC[C@@H]2[C@H]1CCN2Cc1ccc(C)o1.O=C(O)C(F)(F)F. The van der Waals surface area contributed by atoms with Crippen LogP contribution in [0.1, 0.15) is 30.8 Å². The van der Waals surface area contributed by atoms with Crippen LogP contribution in [-0.2, 0) is 16.1 Å². The maximum atomic E-state index is 12.0. The molecule has 2 atom stereocenters. The third kappa shape index (κ3) is 5.35. The maximum Gasteiger partial charge on any atom is 0.490 e. The summed E-state index contributed by atoms with van der Waals surface area (Å²) in [5.41, 5.74) is 0. The fourth-order valence-electron chi connectivity index (χ4n) is 3.58. The molecule has 1 amide bonds. The van der Waals surface area contributed by atoms with Crippen LogP contribution < -0.4 is 0 Å². The quantitative estimate of drug-likeness (QED) is 0.803. The van der Waals surface area contributed by atoms with E-state index in [2.05, 4.69) is 17.5 Å². The number of fused-ring (bicyclic) bond motifs is 1. The van der Waals surface area contributed by atoms with Gasteiger partial charge in [0.05, 0.1) is 6.54 Å². The third-order valence-electron chi connectivity index (χ3n) is 4.72. The van der Waals surface area contributed by atoms with Crippen LogP contribution in [0.5, 0.6) is 0 Å². The van der Waals surface area contributed by atoms with E-state index in [9.17, 15) is 18.0 Å². The van der Waals surface area contributed by atoms with E-state index < -0.39 is 12.1 Å². The van der Waals surface area contributed by atoms with Crippen LogP contribution in [0.15, 0.2) is 29.2 Å². The second kappa shape index (κ2) is 8.60. The molecule has 6 nitrogen and oxygen atoms in total. The number of halogens is 3. The summed E-state index contributed by atoms with van der Waals surface area (Å²) in [4.78, 5) is 25.4. The van der Waals surface area contributed by atoms with Gasteiger partial charge < -0.3 is 14.4 Å². The number of hydrogen-bond acceptors (Lipinski definition) is 4. The Morgan fingerprint density at radius 2 is 2.04 bits per heavy atom. The van der Waals surface area contributed by atoms with Crippen LogP contribution in [0.4, 0.5) is 13.2 Å². The lowest BCUT2D eigenvalue weighted by Crippen LogP contribution is -2.52. The highest BCUT2D eigenvalue weighted by atomic mass is 19.4. The van der Waals surface area contributed by atoms with Gasteiger partial charge in [-0.25, -0.2) is 4.79 Å². The Hall–Kier alpha value is -2.29. The van der Waals surface area contributed by atoms with Crippen LogP contribution in [0.3, 0.4) is 0 Å². The van der Waals surface area contributed by atoms with E-state index in [-0.39, 0.29) is 5.91 Å². The number of hydrogen-bond donors (Lipinski definition) is 1. The van der Waals surface area contributed by atoms with Crippen LogP contribution >= 0.6 is 0 Å². The number of amides is 1. The molecule has 3 heterocycles. The van der Waals surface area contributed by atoms with Crippen LogP contribution in [-0.4, -0.2) is 58.1 Å². The Kier molecular flexibility index (Phi) is 6.69. The molecule has 2 saturated heterocycles. The first-order valence-corrected chi connectivity index (χ1v) is 8.63. The van der Waals surface area contributed by atoms with Crippen LogP contribution in [0, 0.1) is 6.92 Å². The van der Waals surface area contributed by atoms with E-state index in [1.165, 1.54) is 0 Å². The molecule has 2 aliphatic rings. The zero-order valence-corrected chi connectivity index (χ0v) is 15.0. The molecule has 0 aromatic carbocycles.